The molecule has 2 saturated carbocycles. The van der Waals surface area contributed by atoms with Crippen LogP contribution >= 0.6 is 7.92 Å². The molecule has 1 radical (unpaired) electrons. The van der Waals surface area contributed by atoms with E-state index in [-0.39, 0.29) is 22.4 Å². The third-order valence-corrected chi connectivity index (χ3v) is 12.6. The first-order valence-electron chi connectivity index (χ1n) is 15.3. The van der Waals surface area contributed by atoms with Gasteiger partial charge in [0.15, 0.2) is 0 Å². The van der Waals surface area contributed by atoms with E-state index in [0.29, 0.717) is 0 Å². The number of benzene rings is 2. The molecule has 2 heterocycles. The molecular weight excluding hydrogens is 720 g/mol. The van der Waals surface area contributed by atoms with Crippen molar-refractivity contribution in [3.8, 4) is 34.0 Å². The van der Waals surface area contributed by atoms with Gasteiger partial charge in [-0.3, -0.25) is 9.97 Å². The Balaban J connectivity index is 0.000000261. The van der Waals surface area contributed by atoms with Gasteiger partial charge in [0.2, 0.25) is 0 Å². The molecule has 0 amide bonds. The summed E-state index contributed by atoms with van der Waals surface area (Å²) < 4.78 is 11.6. The Labute approximate surface area is 269 Å². The van der Waals surface area contributed by atoms with Crippen LogP contribution in [-0.4, -0.2) is 35.5 Å². The van der Waals surface area contributed by atoms with Gasteiger partial charge in [0, 0.05) is 48.3 Å². The molecule has 0 N–H and O–H groups in total. The molecule has 6 heteroatoms. The maximum Gasteiger partial charge on any atom is 0.130 e. The van der Waals surface area contributed by atoms with Gasteiger partial charge < -0.3 is 9.47 Å². The van der Waals surface area contributed by atoms with Gasteiger partial charge in [0.1, 0.15) is 16.8 Å². The molecule has 2 fully saturated rings. The monoisotopic (exact) mass is 764 g/mol. The van der Waals surface area contributed by atoms with Crippen molar-refractivity contribution >= 4 is 13.2 Å². The van der Waals surface area contributed by atoms with E-state index in [9.17, 15) is 0 Å². The first-order valence-corrected chi connectivity index (χ1v) is 17.0. The standard InChI is InChI=1S/C26H35O2P.C10H8N2.Au/c1-27-23-17-11-18-24(28-2)26(23)22-16-9-10-19-25(22)29(20-12-5-3-6-13-20)21-14-7-4-8-15-21;1-3-7-11-9(5-1)10-6-2-4-8-12-10;/h9-11,16-21H,3-8,12-15H2,1-2H3;1-8H;/p+1. The zero-order chi connectivity index (χ0) is 28.3. The summed E-state index contributed by atoms with van der Waals surface area (Å²) in [6.45, 7) is 0. The van der Waals surface area contributed by atoms with Crippen molar-refractivity contribution in [1.82, 2.24) is 9.97 Å². The minimum atomic E-state index is -0.660. The van der Waals surface area contributed by atoms with Gasteiger partial charge in [-0.05, 0) is 93.8 Å². The summed E-state index contributed by atoms with van der Waals surface area (Å²) in [6.07, 6.45) is 17.8. The maximum absolute atomic E-state index is 5.80. The van der Waals surface area contributed by atoms with Gasteiger partial charge in [-0.15, -0.1) is 0 Å². The fourth-order valence-corrected chi connectivity index (χ4v) is 11.1. The van der Waals surface area contributed by atoms with Crippen molar-refractivity contribution in [1.29, 1.82) is 0 Å². The molecule has 2 aromatic heterocycles. The summed E-state index contributed by atoms with van der Waals surface area (Å²) in [4.78, 5) is 8.37. The number of hydrogen-bond acceptors (Lipinski definition) is 4. The Hall–Kier alpha value is -2.49. The average Bonchev–Trinajstić information content (AvgIpc) is 3.07. The van der Waals surface area contributed by atoms with Crippen molar-refractivity contribution in [3.63, 3.8) is 0 Å². The summed E-state index contributed by atoms with van der Waals surface area (Å²) in [5.41, 5.74) is 6.16. The molecule has 0 bridgehead atoms. The quantitative estimate of drug-likeness (QED) is 0.139. The van der Waals surface area contributed by atoms with Gasteiger partial charge in [0.05, 0.1) is 42.5 Å². The molecule has 225 valence electrons. The van der Waals surface area contributed by atoms with Crippen LogP contribution in [0.1, 0.15) is 64.2 Å². The molecule has 2 aliphatic carbocycles. The molecule has 6 rings (SSSR count). The van der Waals surface area contributed by atoms with Crippen LogP contribution in [0.2, 0.25) is 0 Å². The molecule has 4 aromatic rings. The van der Waals surface area contributed by atoms with E-state index in [4.69, 9.17) is 9.47 Å². The van der Waals surface area contributed by atoms with E-state index in [2.05, 4.69) is 46.4 Å². The van der Waals surface area contributed by atoms with Crippen molar-refractivity contribution in [2.45, 2.75) is 75.5 Å². The van der Waals surface area contributed by atoms with Crippen LogP contribution in [0.15, 0.2) is 91.3 Å². The molecular formula is C36H44AuN2O2P+. The van der Waals surface area contributed by atoms with Gasteiger partial charge in [-0.1, -0.05) is 49.2 Å². The van der Waals surface area contributed by atoms with E-state index in [1.807, 2.05) is 42.5 Å². The second kappa shape index (κ2) is 17.0. The Morgan fingerprint density at radius 1 is 0.571 bits per heavy atom. The second-order valence-electron chi connectivity index (χ2n) is 11.1. The number of pyridine rings is 2. The van der Waals surface area contributed by atoms with E-state index in [1.165, 1.54) is 69.8 Å². The van der Waals surface area contributed by atoms with E-state index in [0.717, 1.165) is 39.8 Å². The third-order valence-electron chi connectivity index (χ3n) is 8.62. The fourth-order valence-electron chi connectivity index (χ4n) is 6.70. The summed E-state index contributed by atoms with van der Waals surface area (Å²) >= 11 is 0. The molecule has 42 heavy (non-hydrogen) atoms. The van der Waals surface area contributed by atoms with E-state index in [1.54, 1.807) is 31.9 Å². The number of hydrogen-bond donors (Lipinski definition) is 0. The Morgan fingerprint density at radius 3 is 1.50 bits per heavy atom. The van der Waals surface area contributed by atoms with Crippen LogP contribution in [-0.2, 0) is 22.4 Å². The maximum atomic E-state index is 5.80. The van der Waals surface area contributed by atoms with Crippen LogP contribution < -0.4 is 14.8 Å². The third kappa shape index (κ3) is 8.11. The topological polar surface area (TPSA) is 44.2 Å². The van der Waals surface area contributed by atoms with Crippen molar-refractivity contribution in [2.24, 2.45) is 0 Å². The smallest absolute Gasteiger partial charge is 0.130 e. The van der Waals surface area contributed by atoms with Crippen LogP contribution in [0.25, 0.3) is 22.5 Å². The summed E-state index contributed by atoms with van der Waals surface area (Å²) in [6, 6.07) is 27.0. The predicted molar refractivity (Wildman–Crippen MR) is 174 cm³/mol. The summed E-state index contributed by atoms with van der Waals surface area (Å²) in [5, 5.41) is 1.62. The molecule has 2 aromatic carbocycles. The molecule has 0 spiro atoms. The van der Waals surface area contributed by atoms with Gasteiger partial charge >= 0.3 is 0 Å². The molecule has 0 atom stereocenters. The average molecular weight is 765 g/mol. The second-order valence-corrected chi connectivity index (χ2v) is 14.2. The van der Waals surface area contributed by atoms with Crippen LogP contribution in [0.3, 0.4) is 0 Å². The fraction of sp³-hybridized carbons (Fsp3) is 0.389. The van der Waals surface area contributed by atoms with Crippen molar-refractivity contribution < 1.29 is 31.9 Å². The SMILES string of the molecule is COc1cccc(OC)c1-c1ccccc1[PH+](C1CCCCC1)C1CCCCC1.[Au].c1ccc(-c2ccccn2)nc1. The Kier molecular flexibility index (Phi) is 13.1. The number of rotatable bonds is 7. The Bertz CT molecular complexity index is 1270. The van der Waals surface area contributed by atoms with Gasteiger partial charge in [0.25, 0.3) is 0 Å². The van der Waals surface area contributed by atoms with Crippen molar-refractivity contribution in [2.75, 3.05) is 14.2 Å². The zero-order valence-electron chi connectivity index (χ0n) is 24.9. The van der Waals surface area contributed by atoms with E-state index < -0.39 is 7.92 Å². The van der Waals surface area contributed by atoms with Crippen molar-refractivity contribution in [3.05, 3.63) is 91.3 Å². The number of ether oxygens (including phenoxy) is 2. The van der Waals surface area contributed by atoms with Crippen LogP contribution in [0.5, 0.6) is 11.5 Å². The number of aromatic nitrogens is 2. The van der Waals surface area contributed by atoms with Gasteiger partial charge in [-0.2, -0.15) is 0 Å². The first kappa shape index (κ1) is 32.4. The van der Waals surface area contributed by atoms with Crippen LogP contribution in [0.4, 0.5) is 0 Å². The minimum absolute atomic E-state index is 0. The largest absolute Gasteiger partial charge is 0.496 e. The molecule has 4 nitrogen and oxygen atoms in total. The molecule has 0 aliphatic heterocycles. The van der Waals surface area contributed by atoms with Crippen LogP contribution in [0, 0.1) is 0 Å². The zero-order valence-corrected chi connectivity index (χ0v) is 28.1. The minimum Gasteiger partial charge on any atom is -0.496 e. The molecule has 2 aliphatic rings. The van der Waals surface area contributed by atoms with Gasteiger partial charge in [-0.25, -0.2) is 0 Å². The molecule has 0 unspecified atom stereocenters. The van der Waals surface area contributed by atoms with E-state index >= 15 is 0 Å². The number of methoxy groups -OCH3 is 2. The Morgan fingerprint density at radius 2 is 1.05 bits per heavy atom. The summed E-state index contributed by atoms with van der Waals surface area (Å²) in [5.74, 6) is 1.84. The number of nitrogens with zero attached hydrogens (tertiary/aromatic N) is 2. The predicted octanol–water partition coefficient (Wildman–Crippen LogP) is 9.02. The normalized spacial score (nSPS) is 15.7. The summed E-state index contributed by atoms with van der Waals surface area (Å²) in [7, 11) is 2.89. The molecule has 0 saturated heterocycles. The first-order chi connectivity index (χ1) is 20.3.